The molecule has 6 rings (SSSR count). The lowest BCUT2D eigenvalue weighted by Gasteiger charge is -2.51. The lowest BCUT2D eigenvalue weighted by molar-refractivity contribution is -0.939. The van der Waals surface area contributed by atoms with Crippen molar-refractivity contribution in [2.75, 3.05) is 31.5 Å². The van der Waals surface area contributed by atoms with Crippen LogP contribution in [0.25, 0.3) is 0 Å². The van der Waals surface area contributed by atoms with Crippen molar-refractivity contribution in [2.45, 2.75) is 24.5 Å². The summed E-state index contributed by atoms with van der Waals surface area (Å²) in [6.45, 7) is 2.43. The number of carbonyl (C=O) groups is 2. The number of esters is 1. The smallest absolute Gasteiger partial charge is 0.348 e. The van der Waals surface area contributed by atoms with Gasteiger partial charge < -0.3 is 28.5 Å². The summed E-state index contributed by atoms with van der Waals surface area (Å²) in [6.07, 6.45) is 11.2. The number of anilines is 1. The summed E-state index contributed by atoms with van der Waals surface area (Å²) < 4.78 is 16.6. The predicted octanol–water partition coefficient (Wildman–Crippen LogP) is 1.69. The first kappa shape index (κ1) is 21.4. The Morgan fingerprint density at radius 3 is 2.42 bits per heavy atom. The van der Waals surface area contributed by atoms with Crippen molar-refractivity contribution in [1.29, 1.82) is 0 Å². The maximum Gasteiger partial charge on any atom is 0.348 e. The number of piperidine rings is 3. The fourth-order valence-electron chi connectivity index (χ4n) is 4.99. The highest BCUT2D eigenvalue weighted by Crippen LogP contribution is 2.38. The first-order valence-electron chi connectivity index (χ1n) is 10.9. The van der Waals surface area contributed by atoms with Gasteiger partial charge in [0.25, 0.3) is 5.91 Å². The molecule has 3 aromatic rings. The van der Waals surface area contributed by atoms with Crippen LogP contribution < -0.4 is 5.32 Å². The Bertz CT molecular complexity index is 1060. The number of hydrogen-bond acceptors (Lipinski definition) is 8. The van der Waals surface area contributed by atoms with Crippen LogP contribution in [0.1, 0.15) is 24.0 Å². The summed E-state index contributed by atoms with van der Waals surface area (Å²) in [4.78, 5) is 34.1. The third-order valence-electron chi connectivity index (χ3n) is 6.78. The molecule has 2 bridgehead atoms. The molecule has 0 aromatic carbocycles. The zero-order valence-electron chi connectivity index (χ0n) is 17.9. The Balaban J connectivity index is 1.31. The Kier molecular flexibility index (Phi) is 5.47. The van der Waals surface area contributed by atoms with Gasteiger partial charge in [-0.3, -0.25) is 9.78 Å². The van der Waals surface area contributed by atoms with Gasteiger partial charge in [0, 0.05) is 42.3 Å². The van der Waals surface area contributed by atoms with E-state index in [4.69, 9.17) is 13.6 Å². The average Bonchev–Trinajstić information content (AvgIpc) is 3.54. The van der Waals surface area contributed by atoms with Gasteiger partial charge in [-0.1, -0.05) is 0 Å². The highest BCUT2D eigenvalue weighted by Gasteiger charge is 2.51. The summed E-state index contributed by atoms with van der Waals surface area (Å²) >= 11 is 0. The van der Waals surface area contributed by atoms with Gasteiger partial charge in [0.2, 0.25) is 5.60 Å². The molecule has 0 aliphatic carbocycles. The predicted molar refractivity (Wildman–Crippen MR) is 113 cm³/mol. The van der Waals surface area contributed by atoms with E-state index in [-0.39, 0.29) is 29.5 Å². The molecule has 1 atom stereocenters. The van der Waals surface area contributed by atoms with Crippen molar-refractivity contribution in [3.8, 4) is 0 Å². The van der Waals surface area contributed by atoms with E-state index in [1.807, 2.05) is 0 Å². The van der Waals surface area contributed by atoms with Crippen LogP contribution >= 0.6 is 0 Å². The zero-order chi connectivity index (χ0) is 22.9. The van der Waals surface area contributed by atoms with Gasteiger partial charge in [-0.15, -0.1) is 0 Å². The normalized spacial score (nSPS) is 24.4. The first-order chi connectivity index (χ1) is 16.0. The molecule has 3 saturated heterocycles. The molecular formula is C23H25N4O6+. The molecule has 33 heavy (non-hydrogen) atoms. The largest absolute Gasteiger partial charge is 0.472 e. The second-order valence-electron chi connectivity index (χ2n) is 8.78. The van der Waals surface area contributed by atoms with Crippen LogP contribution in [0.5, 0.6) is 0 Å². The molecule has 6 heterocycles. The number of furan rings is 2. The highest BCUT2D eigenvalue weighted by atomic mass is 16.6. The van der Waals surface area contributed by atoms with Gasteiger partial charge in [-0.05, 0) is 12.1 Å². The number of ether oxygens (including phenoxy) is 1. The van der Waals surface area contributed by atoms with Crippen molar-refractivity contribution in [1.82, 2.24) is 9.97 Å². The molecule has 0 radical (unpaired) electrons. The third-order valence-corrected chi connectivity index (χ3v) is 6.78. The molecule has 3 aromatic heterocycles. The fourth-order valence-corrected chi connectivity index (χ4v) is 4.99. The summed E-state index contributed by atoms with van der Waals surface area (Å²) in [6, 6.07) is 3.05. The number of quaternary nitrogens is 1. The van der Waals surface area contributed by atoms with E-state index in [1.54, 1.807) is 6.20 Å². The summed E-state index contributed by atoms with van der Waals surface area (Å²) in [7, 11) is 0. The van der Waals surface area contributed by atoms with Gasteiger partial charge >= 0.3 is 5.97 Å². The van der Waals surface area contributed by atoms with E-state index < -0.39 is 17.7 Å². The number of aliphatic hydroxyl groups is 1. The molecule has 3 aliphatic heterocycles. The number of fused-ring (bicyclic) bond motifs is 3. The number of carbonyl (C=O) groups excluding carboxylic acids is 2. The van der Waals surface area contributed by atoms with E-state index >= 15 is 0 Å². The molecule has 1 amide bonds. The van der Waals surface area contributed by atoms with Crippen LogP contribution in [0.2, 0.25) is 0 Å². The summed E-state index contributed by atoms with van der Waals surface area (Å²) in [5, 5.41) is 14.2. The zero-order valence-corrected chi connectivity index (χ0v) is 17.9. The molecule has 3 fully saturated rings. The van der Waals surface area contributed by atoms with Crippen LogP contribution in [0, 0.1) is 5.92 Å². The van der Waals surface area contributed by atoms with E-state index in [2.05, 4.69) is 15.3 Å². The fraction of sp³-hybridized carbons (Fsp3) is 0.391. The first-order valence-corrected chi connectivity index (χ1v) is 10.9. The maximum absolute atomic E-state index is 13.3. The van der Waals surface area contributed by atoms with Crippen molar-refractivity contribution < 1.29 is 32.7 Å². The van der Waals surface area contributed by atoms with Crippen molar-refractivity contribution >= 4 is 17.7 Å². The minimum Gasteiger partial charge on any atom is -0.472 e. The Labute approximate surface area is 189 Å². The number of rotatable bonds is 7. The molecule has 0 spiro atoms. The van der Waals surface area contributed by atoms with E-state index in [9.17, 15) is 14.7 Å². The minimum absolute atomic E-state index is 0.158. The van der Waals surface area contributed by atoms with E-state index in [0.717, 1.165) is 25.9 Å². The summed E-state index contributed by atoms with van der Waals surface area (Å²) in [5.74, 6) is -0.351. The van der Waals surface area contributed by atoms with Gasteiger partial charge in [0.1, 0.15) is 6.54 Å². The Hall–Kier alpha value is -3.50. The summed E-state index contributed by atoms with van der Waals surface area (Å²) in [5.41, 5.74) is -1.51. The molecule has 3 aliphatic rings. The van der Waals surface area contributed by atoms with Crippen molar-refractivity contribution in [3.63, 3.8) is 0 Å². The van der Waals surface area contributed by atoms with E-state index in [0.29, 0.717) is 16.8 Å². The quantitative estimate of drug-likeness (QED) is 0.409. The number of nitrogens with one attached hydrogen (secondary N) is 1. The molecule has 2 N–H and O–H groups in total. The average molecular weight is 453 g/mol. The van der Waals surface area contributed by atoms with Crippen LogP contribution in [0.15, 0.2) is 64.6 Å². The minimum atomic E-state index is -2.04. The number of amides is 1. The van der Waals surface area contributed by atoms with Crippen molar-refractivity contribution in [2.24, 2.45) is 5.92 Å². The van der Waals surface area contributed by atoms with Crippen LogP contribution in [0.3, 0.4) is 0 Å². The molecule has 0 unspecified atom stereocenters. The monoisotopic (exact) mass is 453 g/mol. The SMILES string of the molecule is O=C(C[N+]12CCC(CC1)[C@@H](OC(=O)C(O)(c1ccoc1)c1ccoc1)C2)Nc1cnccn1. The Morgan fingerprint density at radius 2 is 1.85 bits per heavy atom. The second kappa shape index (κ2) is 8.45. The molecule has 0 saturated carbocycles. The lowest BCUT2D eigenvalue weighted by atomic mass is 9.82. The lowest BCUT2D eigenvalue weighted by Crippen LogP contribution is -2.66. The van der Waals surface area contributed by atoms with Gasteiger partial charge in [0.05, 0.1) is 44.3 Å². The van der Waals surface area contributed by atoms with Gasteiger partial charge in [-0.2, -0.15) is 0 Å². The second-order valence-corrected chi connectivity index (χ2v) is 8.78. The van der Waals surface area contributed by atoms with Crippen LogP contribution in [-0.4, -0.2) is 63.7 Å². The topological polar surface area (TPSA) is 128 Å². The standard InChI is InChI=1S/C23H24N4O6/c28-21(26-20-11-24-5-6-25-20)13-27-7-1-16(2-8-27)19(12-27)33-22(29)23(30,17-3-9-31-14-17)18-4-10-32-15-18/h3-6,9-11,14-16,19,30H,1-2,7-8,12-13H2/p+1/t16?,19-,27?/m0/s1. The molecule has 10 nitrogen and oxygen atoms in total. The van der Waals surface area contributed by atoms with Crippen LogP contribution in [-0.2, 0) is 19.9 Å². The molecule has 10 heteroatoms. The Morgan fingerprint density at radius 1 is 1.15 bits per heavy atom. The van der Waals surface area contributed by atoms with Gasteiger partial charge in [0.15, 0.2) is 18.5 Å². The van der Waals surface area contributed by atoms with Gasteiger partial charge in [-0.25, -0.2) is 9.78 Å². The highest BCUT2D eigenvalue weighted by molar-refractivity contribution is 5.90. The molecule has 172 valence electrons. The molecular weight excluding hydrogens is 428 g/mol. The van der Waals surface area contributed by atoms with Crippen LogP contribution in [0.4, 0.5) is 5.82 Å². The number of aromatic nitrogens is 2. The number of nitrogens with zero attached hydrogens (tertiary/aromatic N) is 3. The van der Waals surface area contributed by atoms with Crippen molar-refractivity contribution in [3.05, 3.63) is 66.9 Å². The maximum atomic E-state index is 13.3. The van der Waals surface area contributed by atoms with E-state index in [1.165, 1.54) is 49.6 Å². The number of hydrogen-bond donors (Lipinski definition) is 2. The third kappa shape index (κ3) is 4.03.